The van der Waals surface area contributed by atoms with Crippen LogP contribution < -0.4 is 4.74 Å². The van der Waals surface area contributed by atoms with Crippen molar-refractivity contribution >= 4 is 0 Å². The van der Waals surface area contributed by atoms with Gasteiger partial charge < -0.3 is 4.74 Å². The molecular weight excluding hydrogens is 232 g/mol. The van der Waals surface area contributed by atoms with Crippen LogP contribution in [0.3, 0.4) is 0 Å². The third-order valence-corrected chi connectivity index (χ3v) is 5.25. The Morgan fingerprint density at radius 2 is 1.74 bits per heavy atom. The second kappa shape index (κ2) is 5.98. The summed E-state index contributed by atoms with van der Waals surface area (Å²) in [6, 6.07) is 8.70. The molecule has 1 heteroatoms. The van der Waals surface area contributed by atoms with Gasteiger partial charge in [0.1, 0.15) is 11.9 Å². The van der Waals surface area contributed by atoms with E-state index in [9.17, 15) is 0 Å². The quantitative estimate of drug-likeness (QED) is 0.680. The minimum atomic E-state index is 0.405. The smallest absolute Gasteiger partial charge is 0.119 e. The third-order valence-electron chi connectivity index (χ3n) is 5.25. The van der Waals surface area contributed by atoms with Gasteiger partial charge in [-0.15, -0.1) is 0 Å². The molecule has 1 aromatic rings. The minimum Gasteiger partial charge on any atom is -0.490 e. The lowest BCUT2D eigenvalue weighted by molar-refractivity contribution is -0.104. The van der Waals surface area contributed by atoms with Crippen LogP contribution in [-0.4, -0.2) is 6.10 Å². The summed E-state index contributed by atoms with van der Waals surface area (Å²) in [5.74, 6) is 1.84. The summed E-state index contributed by atoms with van der Waals surface area (Å²) in [7, 11) is 0. The fourth-order valence-corrected chi connectivity index (χ4v) is 3.70. The molecule has 0 bridgehead atoms. The van der Waals surface area contributed by atoms with Crippen LogP contribution in [0.2, 0.25) is 0 Å². The van der Waals surface area contributed by atoms with Crippen molar-refractivity contribution in [1.29, 1.82) is 0 Å². The molecule has 0 spiro atoms. The van der Waals surface area contributed by atoms with Crippen molar-refractivity contribution in [2.45, 2.75) is 65.9 Å². The van der Waals surface area contributed by atoms with Crippen molar-refractivity contribution in [2.75, 3.05) is 0 Å². The highest BCUT2D eigenvalue weighted by atomic mass is 16.5. The molecule has 1 saturated carbocycles. The van der Waals surface area contributed by atoms with E-state index in [0.717, 1.165) is 18.1 Å². The van der Waals surface area contributed by atoms with Crippen LogP contribution in [0.25, 0.3) is 0 Å². The predicted molar refractivity (Wildman–Crippen MR) is 81.6 cm³/mol. The van der Waals surface area contributed by atoms with Gasteiger partial charge in [-0.25, -0.2) is 0 Å². The number of ether oxygens (including phenoxy) is 1. The first kappa shape index (κ1) is 14.4. The topological polar surface area (TPSA) is 9.23 Å². The molecule has 0 amide bonds. The van der Waals surface area contributed by atoms with Crippen LogP contribution in [0.1, 0.15) is 58.9 Å². The fraction of sp³-hybridized carbons (Fsp3) is 0.667. The number of hydrogen-bond acceptors (Lipinski definition) is 1. The van der Waals surface area contributed by atoms with Crippen LogP contribution in [0.4, 0.5) is 0 Å². The number of hydrogen-bond donors (Lipinski definition) is 0. The zero-order valence-electron chi connectivity index (χ0n) is 12.9. The van der Waals surface area contributed by atoms with Gasteiger partial charge in [0.05, 0.1) is 0 Å². The van der Waals surface area contributed by atoms with Gasteiger partial charge in [-0.3, -0.25) is 0 Å². The summed E-state index contributed by atoms with van der Waals surface area (Å²) < 4.78 is 6.25. The van der Waals surface area contributed by atoms with Gasteiger partial charge in [0, 0.05) is 5.41 Å². The average molecular weight is 260 g/mol. The van der Waals surface area contributed by atoms with Gasteiger partial charge in [-0.05, 0) is 49.3 Å². The molecule has 2 rings (SSSR count). The molecule has 19 heavy (non-hydrogen) atoms. The number of benzene rings is 1. The molecule has 0 radical (unpaired) electrons. The van der Waals surface area contributed by atoms with E-state index in [4.69, 9.17) is 4.74 Å². The Labute approximate surface area is 118 Å². The van der Waals surface area contributed by atoms with Gasteiger partial charge in [-0.1, -0.05) is 46.2 Å². The molecule has 0 aliphatic heterocycles. The van der Waals surface area contributed by atoms with Gasteiger partial charge in [0.15, 0.2) is 0 Å². The second-order valence-corrected chi connectivity index (χ2v) is 6.08. The molecule has 2 unspecified atom stereocenters. The summed E-state index contributed by atoms with van der Waals surface area (Å²) in [4.78, 5) is 0. The van der Waals surface area contributed by atoms with E-state index in [2.05, 4.69) is 52.0 Å². The van der Waals surface area contributed by atoms with Gasteiger partial charge in [-0.2, -0.15) is 0 Å². The lowest BCUT2D eigenvalue weighted by Gasteiger charge is -2.54. The van der Waals surface area contributed by atoms with Crippen molar-refractivity contribution in [3.05, 3.63) is 29.8 Å². The Balaban J connectivity index is 2.01. The van der Waals surface area contributed by atoms with Crippen LogP contribution in [0, 0.1) is 11.3 Å². The number of rotatable bonds is 6. The molecule has 1 aromatic carbocycles. The Bertz CT molecular complexity index is 389. The summed E-state index contributed by atoms with van der Waals surface area (Å²) in [5, 5.41) is 0. The minimum absolute atomic E-state index is 0.405. The highest BCUT2D eigenvalue weighted by molar-refractivity contribution is 5.28. The van der Waals surface area contributed by atoms with Crippen LogP contribution in [-0.2, 0) is 6.42 Å². The molecule has 106 valence electrons. The molecule has 1 aliphatic carbocycles. The molecule has 1 aliphatic rings. The molecule has 0 N–H and O–H groups in total. The van der Waals surface area contributed by atoms with E-state index in [1.807, 2.05) is 0 Å². The maximum absolute atomic E-state index is 6.25. The van der Waals surface area contributed by atoms with Crippen LogP contribution >= 0.6 is 0 Å². The van der Waals surface area contributed by atoms with Crippen molar-refractivity contribution in [3.8, 4) is 5.75 Å². The molecule has 1 fully saturated rings. The Kier molecular flexibility index (Phi) is 4.54. The first-order chi connectivity index (χ1) is 9.16. The largest absolute Gasteiger partial charge is 0.490 e. The van der Waals surface area contributed by atoms with Crippen molar-refractivity contribution in [2.24, 2.45) is 11.3 Å². The van der Waals surface area contributed by atoms with E-state index >= 15 is 0 Å². The molecule has 0 aromatic heterocycles. The average Bonchev–Trinajstić information content (AvgIpc) is 2.42. The van der Waals surface area contributed by atoms with E-state index < -0.39 is 0 Å². The van der Waals surface area contributed by atoms with Crippen LogP contribution in [0.5, 0.6) is 5.75 Å². The van der Waals surface area contributed by atoms with E-state index in [-0.39, 0.29) is 0 Å². The molecule has 2 atom stereocenters. The predicted octanol–water partition coefficient (Wildman–Crippen LogP) is 5.23. The van der Waals surface area contributed by atoms with Crippen LogP contribution in [0.15, 0.2) is 24.3 Å². The Morgan fingerprint density at radius 1 is 1.11 bits per heavy atom. The summed E-state index contributed by atoms with van der Waals surface area (Å²) >= 11 is 0. The lowest BCUT2D eigenvalue weighted by Crippen LogP contribution is -2.54. The van der Waals surface area contributed by atoms with Gasteiger partial charge in [0.25, 0.3) is 0 Å². The summed E-state index contributed by atoms with van der Waals surface area (Å²) in [6.07, 6.45) is 6.43. The fourth-order valence-electron chi connectivity index (χ4n) is 3.70. The first-order valence-corrected chi connectivity index (χ1v) is 7.91. The maximum Gasteiger partial charge on any atom is 0.119 e. The molecule has 1 nitrogen and oxygen atoms in total. The summed E-state index contributed by atoms with van der Waals surface area (Å²) in [6.45, 7) is 9.20. The standard InChI is InChI=1S/C18H28O/c1-5-8-15-9-11-16(12-10-15)19-17-13-14(4)18(17,6-2)7-3/h9-12,14,17H,5-8,13H2,1-4H3. The highest BCUT2D eigenvalue weighted by Crippen LogP contribution is 2.53. The van der Waals surface area contributed by atoms with E-state index in [0.29, 0.717) is 11.5 Å². The van der Waals surface area contributed by atoms with E-state index in [1.54, 1.807) is 0 Å². The zero-order chi connectivity index (χ0) is 13.9. The normalized spacial score (nSPS) is 24.8. The van der Waals surface area contributed by atoms with Gasteiger partial charge in [0.2, 0.25) is 0 Å². The summed E-state index contributed by atoms with van der Waals surface area (Å²) in [5.41, 5.74) is 1.82. The van der Waals surface area contributed by atoms with Crippen molar-refractivity contribution in [1.82, 2.24) is 0 Å². The maximum atomic E-state index is 6.25. The molecule has 0 heterocycles. The Morgan fingerprint density at radius 3 is 2.21 bits per heavy atom. The third kappa shape index (κ3) is 2.66. The van der Waals surface area contributed by atoms with Crippen molar-refractivity contribution < 1.29 is 4.74 Å². The van der Waals surface area contributed by atoms with Crippen molar-refractivity contribution in [3.63, 3.8) is 0 Å². The SMILES string of the molecule is CCCc1ccc(OC2CC(C)C2(CC)CC)cc1. The molecular formula is C18H28O. The van der Waals surface area contributed by atoms with E-state index in [1.165, 1.54) is 31.2 Å². The van der Waals surface area contributed by atoms with Gasteiger partial charge >= 0.3 is 0 Å². The molecule has 0 saturated heterocycles. The number of aryl methyl sites for hydroxylation is 1. The second-order valence-electron chi connectivity index (χ2n) is 6.08. The Hall–Kier alpha value is -0.980. The zero-order valence-corrected chi connectivity index (χ0v) is 12.9. The first-order valence-electron chi connectivity index (χ1n) is 7.91. The lowest BCUT2D eigenvalue weighted by atomic mass is 9.55. The monoisotopic (exact) mass is 260 g/mol. The highest BCUT2D eigenvalue weighted by Gasteiger charge is 2.51.